The van der Waals surface area contributed by atoms with Gasteiger partial charge >= 0.3 is 6.03 Å². The van der Waals surface area contributed by atoms with Crippen LogP contribution in [0.2, 0.25) is 0 Å². The molecule has 6 nitrogen and oxygen atoms in total. The summed E-state index contributed by atoms with van der Waals surface area (Å²) in [6, 6.07) is 16.9. The molecule has 2 atom stereocenters. The topological polar surface area (TPSA) is 55.9 Å². The number of unbranched alkanes of at least 4 members (excludes halogenated alkanes) is 1. The fourth-order valence-corrected chi connectivity index (χ4v) is 5.03. The number of nitrogens with zero attached hydrogens (tertiary/aromatic N) is 3. The molecular weight excluding hydrogens is 431 g/mol. The van der Waals surface area contributed by atoms with E-state index >= 15 is 0 Å². The van der Waals surface area contributed by atoms with Crippen LogP contribution in [0.4, 0.5) is 14.9 Å². The fraction of sp³-hybridized carbons (Fsp3) is 0.481. The molecule has 2 aromatic rings. The molecule has 2 fully saturated rings. The lowest BCUT2D eigenvalue weighted by molar-refractivity contribution is -0.137. The molecule has 0 spiro atoms. The normalized spacial score (nSPS) is 20.8. The van der Waals surface area contributed by atoms with Gasteiger partial charge in [-0.05, 0) is 30.5 Å². The first kappa shape index (κ1) is 24.0. The first-order valence-corrected chi connectivity index (χ1v) is 12.4. The Balaban J connectivity index is 1.43. The molecule has 2 aliphatic rings. The van der Waals surface area contributed by atoms with Gasteiger partial charge in [0.15, 0.2) is 0 Å². The van der Waals surface area contributed by atoms with Crippen LogP contribution in [0.5, 0.6) is 0 Å². The maximum absolute atomic E-state index is 14.2. The minimum absolute atomic E-state index is 0.0868. The maximum atomic E-state index is 14.2. The van der Waals surface area contributed by atoms with Crippen LogP contribution in [-0.4, -0.2) is 67.6 Å². The summed E-state index contributed by atoms with van der Waals surface area (Å²) < 4.78 is 14.2. The Hall–Kier alpha value is -3.09. The maximum Gasteiger partial charge on any atom is 0.317 e. The highest BCUT2D eigenvalue weighted by molar-refractivity contribution is 5.81. The average Bonchev–Trinajstić information content (AvgIpc) is 2.89. The van der Waals surface area contributed by atoms with Crippen molar-refractivity contribution in [3.8, 4) is 0 Å². The van der Waals surface area contributed by atoms with Crippen LogP contribution in [-0.2, 0) is 4.79 Å². The Morgan fingerprint density at radius 3 is 2.35 bits per heavy atom. The monoisotopic (exact) mass is 466 g/mol. The van der Waals surface area contributed by atoms with Gasteiger partial charge in [-0.3, -0.25) is 4.79 Å². The third-order valence-electron chi connectivity index (χ3n) is 6.95. The van der Waals surface area contributed by atoms with E-state index in [2.05, 4.69) is 24.4 Å². The zero-order chi connectivity index (χ0) is 23.9. The Morgan fingerprint density at radius 2 is 1.65 bits per heavy atom. The summed E-state index contributed by atoms with van der Waals surface area (Å²) in [5, 5.41) is 3.01. The molecule has 1 N–H and O–H groups in total. The molecular formula is C27H35FN4O2. The van der Waals surface area contributed by atoms with E-state index in [0.717, 1.165) is 24.8 Å². The largest absolute Gasteiger partial charge is 0.366 e. The number of halogens is 1. The van der Waals surface area contributed by atoms with Crippen molar-refractivity contribution in [1.29, 1.82) is 0 Å². The smallest absolute Gasteiger partial charge is 0.317 e. The number of anilines is 1. The van der Waals surface area contributed by atoms with Crippen molar-refractivity contribution in [2.24, 2.45) is 5.92 Å². The SMILES string of the molecule is CCCCNC(=O)N1C[C@H](C(=O)N2CCN(c3ccccc3F)CC2)C[C@@H](c2ccccc2)C1. The summed E-state index contributed by atoms with van der Waals surface area (Å²) in [5.74, 6) is -0.249. The highest BCUT2D eigenvalue weighted by Crippen LogP contribution is 2.32. The van der Waals surface area contributed by atoms with E-state index in [4.69, 9.17) is 0 Å². The Bertz CT molecular complexity index is 962. The number of hydrogen-bond acceptors (Lipinski definition) is 3. The number of carbonyl (C=O) groups excluding carboxylic acids is 2. The summed E-state index contributed by atoms with van der Waals surface area (Å²) in [7, 11) is 0. The first-order chi connectivity index (χ1) is 16.6. The summed E-state index contributed by atoms with van der Waals surface area (Å²) >= 11 is 0. The van der Waals surface area contributed by atoms with Gasteiger partial charge in [0, 0.05) is 51.7 Å². The zero-order valence-electron chi connectivity index (χ0n) is 20.0. The van der Waals surface area contributed by atoms with Crippen molar-refractivity contribution < 1.29 is 14.0 Å². The van der Waals surface area contributed by atoms with Gasteiger partial charge in [0.25, 0.3) is 0 Å². The number of urea groups is 1. The van der Waals surface area contributed by atoms with E-state index in [1.165, 1.54) is 6.07 Å². The fourth-order valence-electron chi connectivity index (χ4n) is 5.03. The van der Waals surface area contributed by atoms with E-state index in [0.29, 0.717) is 51.5 Å². The van der Waals surface area contributed by atoms with E-state index in [9.17, 15) is 14.0 Å². The molecule has 2 aromatic carbocycles. The summed E-state index contributed by atoms with van der Waals surface area (Å²) in [6.07, 6.45) is 2.69. The highest BCUT2D eigenvalue weighted by Gasteiger charge is 2.37. The Kier molecular flexibility index (Phi) is 8.03. The van der Waals surface area contributed by atoms with Crippen LogP contribution in [0.3, 0.4) is 0 Å². The third kappa shape index (κ3) is 5.69. The molecule has 3 amide bonds. The third-order valence-corrected chi connectivity index (χ3v) is 6.95. The second kappa shape index (κ2) is 11.4. The highest BCUT2D eigenvalue weighted by atomic mass is 19.1. The van der Waals surface area contributed by atoms with Gasteiger partial charge in [-0.1, -0.05) is 55.8 Å². The lowest BCUT2D eigenvalue weighted by Crippen LogP contribution is -2.55. The average molecular weight is 467 g/mol. The molecule has 0 bridgehead atoms. The molecule has 2 saturated heterocycles. The van der Waals surface area contributed by atoms with Gasteiger partial charge in [-0.15, -0.1) is 0 Å². The van der Waals surface area contributed by atoms with E-state index < -0.39 is 0 Å². The zero-order valence-corrected chi connectivity index (χ0v) is 20.0. The van der Waals surface area contributed by atoms with Crippen molar-refractivity contribution in [3.05, 3.63) is 66.0 Å². The number of carbonyl (C=O) groups is 2. The predicted molar refractivity (Wildman–Crippen MR) is 132 cm³/mol. The number of nitrogens with one attached hydrogen (secondary N) is 1. The van der Waals surface area contributed by atoms with E-state index in [1.54, 1.807) is 12.1 Å². The standard InChI is InChI=1S/C27H35FN4O2/c1-2-3-13-29-27(34)32-19-22(21-9-5-4-6-10-21)18-23(20-32)26(33)31-16-14-30(15-17-31)25-12-8-7-11-24(25)28/h4-12,22-23H,2-3,13-20H2,1H3,(H,29,34)/t22-,23-/m1/s1. The van der Waals surface area contributed by atoms with Crippen molar-refractivity contribution in [1.82, 2.24) is 15.1 Å². The second-order valence-electron chi connectivity index (χ2n) is 9.29. The van der Waals surface area contributed by atoms with Crippen LogP contribution < -0.4 is 10.2 Å². The molecule has 34 heavy (non-hydrogen) atoms. The van der Waals surface area contributed by atoms with Gasteiger partial charge in [-0.2, -0.15) is 0 Å². The second-order valence-corrected chi connectivity index (χ2v) is 9.29. The Labute approximate surface area is 201 Å². The van der Waals surface area contributed by atoms with Crippen molar-refractivity contribution in [2.75, 3.05) is 50.7 Å². The summed E-state index contributed by atoms with van der Waals surface area (Å²) in [4.78, 5) is 32.1. The minimum Gasteiger partial charge on any atom is -0.366 e. The molecule has 2 aliphatic heterocycles. The van der Waals surface area contributed by atoms with Crippen LogP contribution in [0, 0.1) is 11.7 Å². The number of piperazine rings is 1. The van der Waals surface area contributed by atoms with Crippen molar-refractivity contribution in [2.45, 2.75) is 32.1 Å². The van der Waals surface area contributed by atoms with E-state index in [-0.39, 0.29) is 29.6 Å². The van der Waals surface area contributed by atoms with Gasteiger partial charge in [0.2, 0.25) is 5.91 Å². The number of likely N-dealkylation sites (tertiary alicyclic amines) is 1. The van der Waals surface area contributed by atoms with Crippen LogP contribution in [0.25, 0.3) is 0 Å². The van der Waals surface area contributed by atoms with Crippen LogP contribution in [0.15, 0.2) is 54.6 Å². The lowest BCUT2D eigenvalue weighted by Gasteiger charge is -2.41. The van der Waals surface area contributed by atoms with Crippen LogP contribution in [0.1, 0.15) is 37.7 Å². The molecule has 0 unspecified atom stereocenters. The van der Waals surface area contributed by atoms with E-state index in [1.807, 2.05) is 39.0 Å². The van der Waals surface area contributed by atoms with Crippen molar-refractivity contribution in [3.63, 3.8) is 0 Å². The summed E-state index contributed by atoms with van der Waals surface area (Å²) in [5.41, 5.74) is 1.75. The number of rotatable bonds is 6. The van der Waals surface area contributed by atoms with Gasteiger partial charge < -0.3 is 20.0 Å². The van der Waals surface area contributed by atoms with Crippen LogP contribution >= 0.6 is 0 Å². The molecule has 0 aromatic heterocycles. The lowest BCUT2D eigenvalue weighted by atomic mass is 9.84. The Morgan fingerprint density at radius 1 is 0.941 bits per heavy atom. The molecule has 0 aliphatic carbocycles. The predicted octanol–water partition coefficient (Wildman–Crippen LogP) is 4.09. The summed E-state index contributed by atoms with van der Waals surface area (Å²) in [6.45, 7) is 6.12. The van der Waals surface area contributed by atoms with Crippen molar-refractivity contribution >= 4 is 17.6 Å². The first-order valence-electron chi connectivity index (χ1n) is 12.4. The number of piperidine rings is 1. The number of amides is 3. The quantitative estimate of drug-likeness (QED) is 0.653. The molecule has 0 saturated carbocycles. The number of para-hydroxylation sites is 1. The minimum atomic E-state index is -0.240. The molecule has 7 heteroatoms. The van der Waals surface area contributed by atoms with Gasteiger partial charge in [0.05, 0.1) is 11.6 Å². The number of hydrogen-bond donors (Lipinski definition) is 1. The molecule has 182 valence electrons. The van der Waals surface area contributed by atoms with Gasteiger partial charge in [0.1, 0.15) is 5.82 Å². The molecule has 0 radical (unpaired) electrons. The molecule has 2 heterocycles. The van der Waals surface area contributed by atoms with Gasteiger partial charge in [-0.25, -0.2) is 9.18 Å². The number of benzene rings is 2. The molecule has 4 rings (SSSR count).